The molecule has 0 saturated carbocycles. The van der Waals surface area contributed by atoms with Crippen LogP contribution < -0.4 is 5.32 Å². The Hall–Kier alpha value is -1.59. The molecule has 0 spiro atoms. The lowest BCUT2D eigenvalue weighted by molar-refractivity contribution is 0.116. The quantitative estimate of drug-likeness (QED) is 0.788. The summed E-state index contributed by atoms with van der Waals surface area (Å²) in [4.78, 5) is 15.1. The Morgan fingerprint density at radius 2 is 2.40 bits per heavy atom. The van der Waals surface area contributed by atoms with E-state index in [9.17, 15) is 4.79 Å². The van der Waals surface area contributed by atoms with E-state index in [0.717, 1.165) is 0 Å². The molecule has 1 heterocycles. The predicted octanol–water partition coefficient (Wildman–Crippen LogP) is 0.492. The molecule has 0 radical (unpaired) electrons. The summed E-state index contributed by atoms with van der Waals surface area (Å²) in [5.74, 6) is 0.711. The lowest BCUT2D eigenvalue weighted by Crippen LogP contribution is -2.28. The second kappa shape index (κ2) is 5.33. The summed E-state index contributed by atoms with van der Waals surface area (Å²) in [6.45, 7) is 4.09. The summed E-state index contributed by atoms with van der Waals surface area (Å²) < 4.78 is 6.52. The highest BCUT2D eigenvalue weighted by Crippen LogP contribution is 1.90. The van der Waals surface area contributed by atoms with Crippen molar-refractivity contribution in [3.8, 4) is 0 Å². The van der Waals surface area contributed by atoms with Crippen molar-refractivity contribution in [1.82, 2.24) is 20.1 Å². The first-order chi connectivity index (χ1) is 7.08. The van der Waals surface area contributed by atoms with Crippen LogP contribution in [0.1, 0.15) is 19.7 Å². The number of ether oxygens (including phenoxy) is 1. The zero-order valence-corrected chi connectivity index (χ0v) is 9.23. The molecule has 1 N–H and O–H groups in total. The SMILES string of the molecule is CC(C)OC(=O)NCCc1ncn(C)n1. The molecule has 0 aromatic carbocycles. The van der Waals surface area contributed by atoms with Crippen molar-refractivity contribution in [3.05, 3.63) is 12.2 Å². The van der Waals surface area contributed by atoms with Crippen molar-refractivity contribution in [2.45, 2.75) is 26.4 Å². The fourth-order valence-corrected chi connectivity index (χ4v) is 1.03. The molecule has 1 aromatic heterocycles. The maximum absolute atomic E-state index is 11.1. The number of amides is 1. The summed E-state index contributed by atoms with van der Waals surface area (Å²) in [7, 11) is 1.80. The Bertz CT molecular complexity index is 322. The molecule has 1 amide bonds. The van der Waals surface area contributed by atoms with Gasteiger partial charge in [-0.1, -0.05) is 0 Å². The summed E-state index contributed by atoms with van der Waals surface area (Å²) in [6, 6.07) is 0. The Morgan fingerprint density at radius 3 is 2.93 bits per heavy atom. The second-order valence-corrected chi connectivity index (χ2v) is 3.47. The molecule has 0 fully saturated rings. The van der Waals surface area contributed by atoms with E-state index in [2.05, 4.69) is 15.4 Å². The summed E-state index contributed by atoms with van der Waals surface area (Å²) in [5, 5.41) is 6.70. The highest BCUT2D eigenvalue weighted by Gasteiger charge is 2.04. The van der Waals surface area contributed by atoms with Gasteiger partial charge in [-0.25, -0.2) is 9.78 Å². The zero-order chi connectivity index (χ0) is 11.3. The van der Waals surface area contributed by atoms with Crippen LogP contribution in [0.15, 0.2) is 6.33 Å². The van der Waals surface area contributed by atoms with E-state index in [1.807, 2.05) is 0 Å². The van der Waals surface area contributed by atoms with E-state index in [0.29, 0.717) is 18.8 Å². The molecule has 0 aliphatic heterocycles. The molecule has 0 aliphatic rings. The first-order valence-corrected chi connectivity index (χ1v) is 4.87. The van der Waals surface area contributed by atoms with E-state index in [1.165, 1.54) is 0 Å². The lowest BCUT2D eigenvalue weighted by atomic mass is 10.4. The van der Waals surface area contributed by atoms with Gasteiger partial charge in [-0.05, 0) is 13.8 Å². The number of hydrogen-bond acceptors (Lipinski definition) is 4. The molecule has 0 bridgehead atoms. The van der Waals surface area contributed by atoms with Crippen molar-refractivity contribution in [2.24, 2.45) is 7.05 Å². The summed E-state index contributed by atoms with van der Waals surface area (Å²) in [6.07, 6.45) is 1.73. The van der Waals surface area contributed by atoms with Crippen LogP contribution in [0.25, 0.3) is 0 Å². The van der Waals surface area contributed by atoms with Crippen molar-refractivity contribution < 1.29 is 9.53 Å². The number of carbonyl (C=O) groups excluding carboxylic acids is 1. The number of aryl methyl sites for hydroxylation is 1. The maximum atomic E-state index is 11.1. The van der Waals surface area contributed by atoms with E-state index < -0.39 is 6.09 Å². The van der Waals surface area contributed by atoms with Crippen LogP contribution in [0.3, 0.4) is 0 Å². The molecule has 1 aromatic rings. The van der Waals surface area contributed by atoms with E-state index in [-0.39, 0.29) is 6.10 Å². The highest BCUT2D eigenvalue weighted by molar-refractivity contribution is 5.67. The average Bonchev–Trinajstić information content (AvgIpc) is 2.50. The molecule has 6 nitrogen and oxygen atoms in total. The number of nitrogens with zero attached hydrogens (tertiary/aromatic N) is 3. The van der Waals surface area contributed by atoms with Crippen molar-refractivity contribution in [2.75, 3.05) is 6.54 Å². The Kier molecular flexibility index (Phi) is 4.08. The summed E-state index contributed by atoms with van der Waals surface area (Å²) >= 11 is 0. The van der Waals surface area contributed by atoms with Gasteiger partial charge in [0.1, 0.15) is 6.33 Å². The Morgan fingerprint density at radius 1 is 1.67 bits per heavy atom. The number of aromatic nitrogens is 3. The number of nitrogens with one attached hydrogen (secondary N) is 1. The number of rotatable bonds is 4. The fourth-order valence-electron chi connectivity index (χ4n) is 1.03. The first-order valence-electron chi connectivity index (χ1n) is 4.87. The molecule has 6 heteroatoms. The number of carbonyl (C=O) groups is 1. The third-order valence-electron chi connectivity index (χ3n) is 1.61. The predicted molar refractivity (Wildman–Crippen MR) is 54.3 cm³/mol. The first kappa shape index (κ1) is 11.5. The van der Waals surface area contributed by atoms with Crippen molar-refractivity contribution in [1.29, 1.82) is 0 Å². The second-order valence-electron chi connectivity index (χ2n) is 3.47. The minimum absolute atomic E-state index is 0.0991. The smallest absolute Gasteiger partial charge is 0.407 e. The van der Waals surface area contributed by atoms with Gasteiger partial charge in [-0.2, -0.15) is 5.10 Å². The van der Waals surface area contributed by atoms with E-state index >= 15 is 0 Å². The van der Waals surface area contributed by atoms with Gasteiger partial charge in [0.15, 0.2) is 5.82 Å². The van der Waals surface area contributed by atoms with Gasteiger partial charge in [-0.3, -0.25) is 4.68 Å². The van der Waals surface area contributed by atoms with Crippen LogP contribution in [-0.2, 0) is 18.2 Å². The van der Waals surface area contributed by atoms with E-state index in [1.54, 1.807) is 31.9 Å². The third-order valence-corrected chi connectivity index (χ3v) is 1.61. The van der Waals surface area contributed by atoms with Crippen LogP contribution in [0, 0.1) is 0 Å². The van der Waals surface area contributed by atoms with Gasteiger partial charge < -0.3 is 10.1 Å². The van der Waals surface area contributed by atoms with Gasteiger partial charge >= 0.3 is 6.09 Å². The van der Waals surface area contributed by atoms with Crippen LogP contribution in [0.4, 0.5) is 4.79 Å². The molecule has 1 rings (SSSR count). The largest absolute Gasteiger partial charge is 0.447 e. The standard InChI is InChI=1S/C9H16N4O2/c1-7(2)15-9(14)10-5-4-8-11-6-13(3)12-8/h6-7H,4-5H2,1-3H3,(H,10,14). The van der Waals surface area contributed by atoms with Crippen LogP contribution >= 0.6 is 0 Å². The van der Waals surface area contributed by atoms with Gasteiger partial charge in [-0.15, -0.1) is 0 Å². The fraction of sp³-hybridized carbons (Fsp3) is 0.667. The number of hydrogen-bond donors (Lipinski definition) is 1. The Balaban J connectivity index is 2.19. The minimum atomic E-state index is -0.402. The maximum Gasteiger partial charge on any atom is 0.407 e. The molecule has 0 aliphatic carbocycles. The molecular formula is C9H16N4O2. The molecule has 0 atom stereocenters. The van der Waals surface area contributed by atoms with Crippen LogP contribution in [-0.4, -0.2) is 33.5 Å². The van der Waals surface area contributed by atoms with Gasteiger partial charge in [0.25, 0.3) is 0 Å². The third kappa shape index (κ3) is 4.44. The normalized spacial score (nSPS) is 10.4. The van der Waals surface area contributed by atoms with Crippen molar-refractivity contribution in [3.63, 3.8) is 0 Å². The molecule has 0 unspecified atom stereocenters. The van der Waals surface area contributed by atoms with Gasteiger partial charge in [0.05, 0.1) is 6.10 Å². The van der Waals surface area contributed by atoms with Crippen LogP contribution in [0.2, 0.25) is 0 Å². The molecule has 84 valence electrons. The van der Waals surface area contributed by atoms with E-state index in [4.69, 9.17) is 4.74 Å². The molecule has 0 saturated heterocycles. The monoisotopic (exact) mass is 212 g/mol. The van der Waals surface area contributed by atoms with Gasteiger partial charge in [0, 0.05) is 20.0 Å². The highest BCUT2D eigenvalue weighted by atomic mass is 16.6. The zero-order valence-electron chi connectivity index (χ0n) is 9.23. The average molecular weight is 212 g/mol. The number of alkyl carbamates (subject to hydrolysis) is 1. The molecule has 15 heavy (non-hydrogen) atoms. The topological polar surface area (TPSA) is 69.0 Å². The van der Waals surface area contributed by atoms with Gasteiger partial charge in [0.2, 0.25) is 0 Å². The van der Waals surface area contributed by atoms with Crippen molar-refractivity contribution >= 4 is 6.09 Å². The minimum Gasteiger partial charge on any atom is -0.447 e. The lowest BCUT2D eigenvalue weighted by Gasteiger charge is -2.08. The summed E-state index contributed by atoms with van der Waals surface area (Å²) in [5.41, 5.74) is 0. The van der Waals surface area contributed by atoms with Crippen LogP contribution in [0.5, 0.6) is 0 Å². The Labute approximate surface area is 88.6 Å². The molecular weight excluding hydrogens is 196 g/mol.